The molecule has 0 radical (unpaired) electrons. The van der Waals surface area contributed by atoms with Crippen LogP contribution in [0, 0.1) is 0 Å². The van der Waals surface area contributed by atoms with Gasteiger partial charge < -0.3 is 19.7 Å². The first kappa shape index (κ1) is 16.5. The number of rotatable bonds is 4. The maximum atomic E-state index is 13.0. The van der Waals surface area contributed by atoms with Gasteiger partial charge in [0.1, 0.15) is 5.69 Å². The van der Waals surface area contributed by atoms with Crippen LogP contribution in [0.3, 0.4) is 0 Å². The highest BCUT2D eigenvalue weighted by molar-refractivity contribution is 6.43. The molecule has 24 heavy (non-hydrogen) atoms. The average molecular weight is 346 g/mol. The van der Waals surface area contributed by atoms with Crippen molar-refractivity contribution >= 4 is 17.7 Å². The minimum Gasteiger partial charge on any atom is -0.477 e. The predicted octanol–water partition coefficient (Wildman–Crippen LogP) is 0.763. The van der Waals surface area contributed by atoms with Gasteiger partial charge in [0.25, 0.3) is 11.7 Å². The van der Waals surface area contributed by atoms with Crippen LogP contribution >= 0.6 is 0 Å². The van der Waals surface area contributed by atoms with Crippen LogP contribution in [0.15, 0.2) is 6.07 Å². The van der Waals surface area contributed by atoms with E-state index >= 15 is 0 Å². The van der Waals surface area contributed by atoms with Crippen molar-refractivity contribution in [3.8, 4) is 0 Å². The van der Waals surface area contributed by atoms with Crippen molar-refractivity contribution in [1.29, 1.82) is 0 Å². The molecule has 7 nitrogen and oxygen atoms in total. The number of nitrogens with one attached hydrogen (secondary N) is 1. The molecule has 0 saturated carbocycles. The number of carboxylic acid groups (broad SMARTS) is 1. The number of Topliss-reactive ketones (excluding diaryl/α,β-unsaturated/α-hetero) is 1. The van der Waals surface area contributed by atoms with Gasteiger partial charge in [-0.1, -0.05) is 0 Å². The molecule has 10 heteroatoms. The maximum absolute atomic E-state index is 13.0. The molecule has 0 bridgehead atoms. The Bertz CT molecular complexity index is 734. The van der Waals surface area contributed by atoms with E-state index in [2.05, 4.69) is 4.74 Å². The Labute approximate surface area is 133 Å². The summed E-state index contributed by atoms with van der Waals surface area (Å²) in [6, 6.07) is 1.04. The summed E-state index contributed by atoms with van der Waals surface area (Å²) in [4.78, 5) is 35.4. The zero-order valence-corrected chi connectivity index (χ0v) is 12.3. The van der Waals surface area contributed by atoms with E-state index < -0.39 is 42.6 Å². The van der Waals surface area contributed by atoms with Gasteiger partial charge in [-0.2, -0.15) is 13.2 Å². The lowest BCUT2D eigenvalue weighted by molar-refractivity contribution is -0.265. The number of hydrogen-bond acceptors (Lipinski definition) is 4. The van der Waals surface area contributed by atoms with Crippen LogP contribution in [-0.4, -0.2) is 52.3 Å². The number of carbonyl (C=O) groups excluding carboxylic acids is 2. The first-order chi connectivity index (χ1) is 11.2. The summed E-state index contributed by atoms with van der Waals surface area (Å²) in [5.41, 5.74) is -2.53. The second-order valence-corrected chi connectivity index (χ2v) is 5.81. The normalized spacial score (nSPS) is 18.6. The summed E-state index contributed by atoms with van der Waals surface area (Å²) in [6.45, 7) is -1.14. The second kappa shape index (κ2) is 5.33. The summed E-state index contributed by atoms with van der Waals surface area (Å²) >= 11 is 0. The largest absolute Gasteiger partial charge is 0.477 e. The number of ether oxygens (including phenoxy) is 1. The summed E-state index contributed by atoms with van der Waals surface area (Å²) in [5.74, 6) is -3.87. The molecule has 1 aromatic rings. The number of carboxylic acids is 1. The van der Waals surface area contributed by atoms with Crippen molar-refractivity contribution in [2.45, 2.75) is 31.1 Å². The van der Waals surface area contributed by atoms with Crippen molar-refractivity contribution in [3.63, 3.8) is 0 Å². The van der Waals surface area contributed by atoms with Crippen molar-refractivity contribution in [1.82, 2.24) is 9.88 Å². The van der Waals surface area contributed by atoms with E-state index in [-0.39, 0.29) is 11.3 Å². The second-order valence-electron chi connectivity index (χ2n) is 5.81. The molecule has 0 spiro atoms. The van der Waals surface area contributed by atoms with Gasteiger partial charge in [-0.15, -0.1) is 0 Å². The number of nitrogens with zero attached hydrogens (tertiary/aromatic N) is 1. The topological polar surface area (TPSA) is 97.6 Å². The van der Waals surface area contributed by atoms with Crippen molar-refractivity contribution < 1.29 is 37.4 Å². The van der Waals surface area contributed by atoms with E-state index in [1.165, 1.54) is 4.57 Å². The third-order valence-electron chi connectivity index (χ3n) is 4.27. The summed E-state index contributed by atoms with van der Waals surface area (Å²) in [6.07, 6.45) is -3.77. The van der Waals surface area contributed by atoms with E-state index in [0.717, 1.165) is 6.07 Å². The molecule has 2 aliphatic rings. The van der Waals surface area contributed by atoms with Gasteiger partial charge in [0.15, 0.2) is 5.54 Å². The third kappa shape index (κ3) is 2.37. The number of halogens is 3. The van der Waals surface area contributed by atoms with Crippen molar-refractivity contribution in [3.05, 3.63) is 23.0 Å². The molecule has 2 aliphatic heterocycles. The fraction of sp³-hybridized carbons (Fsp3) is 0.500. The molecule has 130 valence electrons. The first-order valence-electron chi connectivity index (χ1n) is 7.13. The lowest BCUT2D eigenvalue weighted by Gasteiger charge is -2.42. The zero-order chi connectivity index (χ0) is 17.7. The monoisotopic (exact) mass is 346 g/mol. The Kier molecular flexibility index (Phi) is 3.67. The van der Waals surface area contributed by atoms with Crippen LogP contribution in [0.25, 0.3) is 0 Å². The van der Waals surface area contributed by atoms with Crippen LogP contribution in [0.2, 0.25) is 0 Å². The Morgan fingerprint density at radius 3 is 2.46 bits per heavy atom. The predicted molar refractivity (Wildman–Crippen MR) is 71.8 cm³/mol. The zero-order valence-electron chi connectivity index (χ0n) is 12.3. The molecule has 2 N–H and O–H groups in total. The highest BCUT2D eigenvalue weighted by Gasteiger charge is 2.61. The number of aromatic nitrogens is 1. The van der Waals surface area contributed by atoms with E-state index in [0.29, 0.717) is 25.1 Å². The molecule has 3 rings (SSSR count). The van der Waals surface area contributed by atoms with Crippen molar-refractivity contribution in [2.75, 3.05) is 13.2 Å². The SMILES string of the molecule is O=C(NC1(C(F)(F)F)COC1)C(=O)c1cc(C(=O)O)n2c1CCC2. The molecular formula is C14H13F3N2O5. The van der Waals surface area contributed by atoms with Crippen LogP contribution in [0.5, 0.6) is 0 Å². The number of aromatic carboxylic acids is 1. The molecule has 1 aromatic heterocycles. The molecule has 0 unspecified atom stereocenters. The van der Waals surface area contributed by atoms with E-state index in [1.807, 2.05) is 0 Å². The van der Waals surface area contributed by atoms with E-state index in [4.69, 9.17) is 5.11 Å². The summed E-state index contributed by atoms with van der Waals surface area (Å²) in [7, 11) is 0. The Morgan fingerprint density at radius 2 is 1.96 bits per heavy atom. The lowest BCUT2D eigenvalue weighted by Crippen LogP contribution is -2.71. The van der Waals surface area contributed by atoms with Gasteiger partial charge in [0, 0.05) is 17.8 Å². The molecule has 3 heterocycles. The van der Waals surface area contributed by atoms with Gasteiger partial charge in [-0.25, -0.2) is 4.79 Å². The van der Waals surface area contributed by atoms with Gasteiger partial charge in [-0.05, 0) is 18.9 Å². The number of alkyl halides is 3. The van der Waals surface area contributed by atoms with Crippen molar-refractivity contribution in [2.24, 2.45) is 0 Å². The Hall–Kier alpha value is -2.36. The quantitative estimate of drug-likeness (QED) is 0.620. The summed E-state index contributed by atoms with van der Waals surface area (Å²) < 4.78 is 45.0. The number of amides is 1. The van der Waals surface area contributed by atoms with Crippen LogP contribution in [0.1, 0.15) is 33.0 Å². The lowest BCUT2D eigenvalue weighted by atomic mass is 9.95. The summed E-state index contributed by atoms with van der Waals surface area (Å²) in [5, 5.41) is 10.8. The fourth-order valence-corrected chi connectivity index (χ4v) is 2.90. The standard InChI is InChI=1S/C14H13F3N2O5/c15-14(16,17)13(5-24-6-13)18-11(21)10(20)7-4-9(12(22)23)19-3-1-2-8(7)19/h4H,1-3,5-6H2,(H,18,21)(H,22,23). The Balaban J connectivity index is 1.86. The maximum Gasteiger partial charge on any atom is 0.416 e. The number of hydrogen-bond donors (Lipinski definition) is 2. The van der Waals surface area contributed by atoms with Crippen LogP contribution in [-0.2, 0) is 22.5 Å². The van der Waals surface area contributed by atoms with Crippen LogP contribution < -0.4 is 5.32 Å². The van der Waals surface area contributed by atoms with Gasteiger partial charge in [0.2, 0.25) is 0 Å². The smallest absolute Gasteiger partial charge is 0.416 e. The minimum atomic E-state index is -4.75. The molecule has 1 fully saturated rings. The molecule has 0 aliphatic carbocycles. The van der Waals surface area contributed by atoms with E-state index in [9.17, 15) is 27.6 Å². The fourth-order valence-electron chi connectivity index (χ4n) is 2.90. The first-order valence-corrected chi connectivity index (χ1v) is 7.13. The third-order valence-corrected chi connectivity index (χ3v) is 4.27. The van der Waals surface area contributed by atoms with Crippen LogP contribution in [0.4, 0.5) is 13.2 Å². The Morgan fingerprint density at radius 1 is 1.29 bits per heavy atom. The molecular weight excluding hydrogens is 333 g/mol. The van der Waals surface area contributed by atoms with Gasteiger partial charge >= 0.3 is 12.1 Å². The van der Waals surface area contributed by atoms with E-state index in [1.54, 1.807) is 5.32 Å². The molecule has 1 saturated heterocycles. The number of carbonyl (C=O) groups is 3. The molecule has 0 aromatic carbocycles. The number of fused-ring (bicyclic) bond motifs is 1. The molecule has 1 amide bonds. The average Bonchev–Trinajstić information content (AvgIpc) is 3.01. The van der Waals surface area contributed by atoms with Gasteiger partial charge in [-0.3, -0.25) is 9.59 Å². The highest BCUT2D eigenvalue weighted by atomic mass is 19.4. The van der Waals surface area contributed by atoms with Gasteiger partial charge in [0.05, 0.1) is 13.2 Å². The molecule has 0 atom stereocenters. The minimum absolute atomic E-state index is 0.156. The highest BCUT2D eigenvalue weighted by Crippen LogP contribution is 2.36. The number of ketones is 1.